The molecule has 0 radical (unpaired) electrons. The van der Waals surface area contributed by atoms with Crippen LogP contribution < -0.4 is 33.2 Å². The van der Waals surface area contributed by atoms with E-state index in [1.807, 2.05) is 41.5 Å². The molecule has 5 unspecified atom stereocenters. The molecular weight excluding hydrogens is 454 g/mol. The lowest BCUT2D eigenvalue weighted by Crippen LogP contribution is -2.59. The number of nitrogens with zero attached hydrogens (tertiary/aromatic N) is 1. The zero-order chi connectivity index (χ0) is 27.3. The highest BCUT2D eigenvalue weighted by atomic mass is 16.4. The van der Waals surface area contributed by atoms with Crippen molar-refractivity contribution in [3.8, 4) is 0 Å². The summed E-state index contributed by atoms with van der Waals surface area (Å²) in [5.74, 6) is -3.20. The Hall–Kier alpha value is -2.89. The van der Waals surface area contributed by atoms with Crippen LogP contribution in [0.5, 0.6) is 0 Å². The van der Waals surface area contributed by atoms with Gasteiger partial charge in [-0.2, -0.15) is 0 Å². The number of nitrogens with one attached hydrogen (secondary N) is 3. The fourth-order valence-electron chi connectivity index (χ4n) is 3.25. The van der Waals surface area contributed by atoms with E-state index in [9.17, 15) is 24.3 Å². The highest BCUT2D eigenvalue weighted by molar-refractivity contribution is 5.94. The Bertz CT molecular complexity index is 738. The number of guanidine groups is 1. The van der Waals surface area contributed by atoms with Gasteiger partial charge in [0.25, 0.3) is 0 Å². The number of aliphatic imine (C=N–C) groups is 1. The molecule has 0 aromatic rings. The largest absolute Gasteiger partial charge is 0.480 e. The Kier molecular flexibility index (Phi) is 14.6. The molecule has 0 aliphatic carbocycles. The first kappa shape index (κ1) is 32.1. The minimum Gasteiger partial charge on any atom is -0.480 e. The molecule has 0 aromatic carbocycles. The smallest absolute Gasteiger partial charge is 0.326 e. The molecule has 0 saturated carbocycles. The van der Waals surface area contributed by atoms with Crippen molar-refractivity contribution in [2.24, 2.45) is 39.9 Å². The van der Waals surface area contributed by atoms with E-state index >= 15 is 0 Å². The molecule has 0 rings (SSSR count). The van der Waals surface area contributed by atoms with Gasteiger partial charge >= 0.3 is 5.97 Å². The zero-order valence-electron chi connectivity index (χ0n) is 21.8. The summed E-state index contributed by atoms with van der Waals surface area (Å²) in [4.78, 5) is 54.1. The van der Waals surface area contributed by atoms with E-state index in [4.69, 9.17) is 17.2 Å². The molecule has 0 aliphatic heterocycles. The third-order valence-corrected chi connectivity index (χ3v) is 5.71. The van der Waals surface area contributed by atoms with Crippen LogP contribution in [0.15, 0.2) is 4.99 Å². The number of nitrogens with two attached hydrogens (primary N) is 3. The number of hydrogen-bond donors (Lipinski definition) is 7. The topological polar surface area (TPSA) is 215 Å². The van der Waals surface area contributed by atoms with Gasteiger partial charge in [0.2, 0.25) is 17.7 Å². The highest BCUT2D eigenvalue weighted by Crippen LogP contribution is 2.12. The Morgan fingerprint density at radius 2 is 1.46 bits per heavy atom. The molecule has 12 heteroatoms. The van der Waals surface area contributed by atoms with Crippen molar-refractivity contribution in [3.63, 3.8) is 0 Å². The van der Waals surface area contributed by atoms with Gasteiger partial charge in [0.1, 0.15) is 18.1 Å². The van der Waals surface area contributed by atoms with Crippen molar-refractivity contribution in [2.75, 3.05) is 6.54 Å². The Labute approximate surface area is 208 Å². The second-order valence-corrected chi connectivity index (χ2v) is 9.68. The van der Waals surface area contributed by atoms with Gasteiger partial charge in [-0.3, -0.25) is 19.4 Å². The predicted molar refractivity (Wildman–Crippen MR) is 135 cm³/mol. The van der Waals surface area contributed by atoms with E-state index in [1.54, 1.807) is 0 Å². The van der Waals surface area contributed by atoms with E-state index < -0.39 is 47.9 Å². The van der Waals surface area contributed by atoms with Gasteiger partial charge in [0.15, 0.2) is 5.96 Å². The summed E-state index contributed by atoms with van der Waals surface area (Å²) in [5, 5.41) is 17.4. The lowest BCUT2D eigenvalue weighted by atomic mass is 9.95. The molecule has 0 spiro atoms. The Balaban J connectivity index is 5.51. The summed E-state index contributed by atoms with van der Waals surface area (Å²) in [7, 11) is 0. The van der Waals surface area contributed by atoms with Crippen molar-refractivity contribution in [1.29, 1.82) is 0 Å². The van der Waals surface area contributed by atoms with Crippen molar-refractivity contribution in [2.45, 2.75) is 91.4 Å². The van der Waals surface area contributed by atoms with Crippen LogP contribution in [-0.4, -0.2) is 65.5 Å². The van der Waals surface area contributed by atoms with E-state index in [-0.39, 0.29) is 43.1 Å². The quantitative estimate of drug-likeness (QED) is 0.0844. The summed E-state index contributed by atoms with van der Waals surface area (Å²) in [5.41, 5.74) is 16.5. The van der Waals surface area contributed by atoms with Crippen LogP contribution in [0.4, 0.5) is 0 Å². The molecule has 35 heavy (non-hydrogen) atoms. The third-order valence-electron chi connectivity index (χ3n) is 5.71. The van der Waals surface area contributed by atoms with Crippen LogP contribution >= 0.6 is 0 Å². The lowest BCUT2D eigenvalue weighted by molar-refractivity contribution is -0.142. The molecule has 5 atom stereocenters. The van der Waals surface area contributed by atoms with Gasteiger partial charge in [-0.25, -0.2) is 4.79 Å². The normalized spacial score (nSPS) is 15.5. The zero-order valence-corrected chi connectivity index (χ0v) is 21.8. The van der Waals surface area contributed by atoms with Gasteiger partial charge in [-0.15, -0.1) is 0 Å². The molecule has 10 N–H and O–H groups in total. The first-order valence-corrected chi connectivity index (χ1v) is 12.2. The molecule has 0 aliphatic rings. The van der Waals surface area contributed by atoms with E-state index in [1.165, 1.54) is 0 Å². The fourth-order valence-corrected chi connectivity index (χ4v) is 3.25. The van der Waals surface area contributed by atoms with Crippen molar-refractivity contribution in [1.82, 2.24) is 16.0 Å². The average Bonchev–Trinajstić information content (AvgIpc) is 2.76. The van der Waals surface area contributed by atoms with Crippen molar-refractivity contribution < 1.29 is 24.3 Å². The molecule has 0 heterocycles. The number of carboxylic acid groups (broad SMARTS) is 1. The number of rotatable bonds is 16. The Morgan fingerprint density at radius 1 is 0.886 bits per heavy atom. The molecule has 12 nitrogen and oxygen atoms in total. The monoisotopic (exact) mass is 499 g/mol. The number of carbonyl (C=O) groups is 4. The molecule has 202 valence electrons. The molecule has 0 bridgehead atoms. The average molecular weight is 500 g/mol. The van der Waals surface area contributed by atoms with E-state index in [2.05, 4.69) is 20.9 Å². The summed E-state index contributed by atoms with van der Waals surface area (Å²) >= 11 is 0. The summed E-state index contributed by atoms with van der Waals surface area (Å²) in [6.45, 7) is 11.3. The second-order valence-electron chi connectivity index (χ2n) is 9.68. The van der Waals surface area contributed by atoms with E-state index in [0.717, 1.165) is 0 Å². The predicted octanol–water partition coefficient (Wildman–Crippen LogP) is -0.345. The number of aliphatic carboxylic acids is 1. The minimum absolute atomic E-state index is 0.0298. The molecular formula is C23H45N7O5. The number of amides is 3. The molecule has 0 aromatic heterocycles. The molecule has 0 fully saturated rings. The second kappa shape index (κ2) is 15.9. The number of hydrogen-bond acceptors (Lipinski definition) is 6. The summed E-state index contributed by atoms with van der Waals surface area (Å²) in [6, 6.07) is -3.82. The minimum atomic E-state index is -1.20. The summed E-state index contributed by atoms with van der Waals surface area (Å²) in [6.07, 6.45) is 1.34. The van der Waals surface area contributed by atoms with Crippen molar-refractivity contribution in [3.05, 3.63) is 0 Å². The number of carbonyl (C=O) groups excluding carboxylic acids is 3. The van der Waals surface area contributed by atoms with Crippen LogP contribution in [0.1, 0.15) is 67.2 Å². The van der Waals surface area contributed by atoms with Crippen LogP contribution in [0.25, 0.3) is 0 Å². The highest BCUT2D eigenvalue weighted by Gasteiger charge is 2.33. The summed E-state index contributed by atoms with van der Waals surface area (Å²) < 4.78 is 0. The SMILES string of the molecule is CCC(C)C(NC(=O)C(N)C(C)C)C(=O)NC(CC(C)C)C(=O)NC(CCCN=C(N)N)C(=O)O. The Morgan fingerprint density at radius 3 is 1.91 bits per heavy atom. The van der Waals surface area contributed by atoms with E-state index in [0.29, 0.717) is 12.8 Å². The van der Waals surface area contributed by atoms with Crippen molar-refractivity contribution >= 4 is 29.7 Å². The maximum atomic E-state index is 13.2. The van der Waals surface area contributed by atoms with Crippen LogP contribution in [0.2, 0.25) is 0 Å². The number of carboxylic acids is 1. The van der Waals surface area contributed by atoms with Crippen LogP contribution in [0.3, 0.4) is 0 Å². The van der Waals surface area contributed by atoms with Crippen LogP contribution in [-0.2, 0) is 19.2 Å². The third kappa shape index (κ3) is 12.4. The van der Waals surface area contributed by atoms with Gasteiger partial charge in [-0.1, -0.05) is 48.0 Å². The van der Waals surface area contributed by atoms with Gasteiger partial charge in [0.05, 0.1) is 6.04 Å². The standard InChI is InChI=1S/C23H45N7O5/c1-7-14(6)18(30-20(32)17(24)13(4)5)21(33)29-16(11-12(2)3)19(31)28-15(22(34)35)9-8-10-27-23(25)26/h12-18H,7-11,24H2,1-6H3,(H,28,31)(H,29,33)(H,30,32)(H,34,35)(H4,25,26,27). The molecule has 3 amide bonds. The maximum absolute atomic E-state index is 13.2. The van der Waals surface area contributed by atoms with Crippen LogP contribution in [0, 0.1) is 17.8 Å². The molecule has 0 saturated heterocycles. The first-order chi connectivity index (χ1) is 16.2. The van der Waals surface area contributed by atoms with Gasteiger partial charge < -0.3 is 38.3 Å². The lowest BCUT2D eigenvalue weighted by Gasteiger charge is -2.29. The van der Waals surface area contributed by atoms with Gasteiger partial charge in [-0.05, 0) is 37.0 Å². The first-order valence-electron chi connectivity index (χ1n) is 12.2. The fraction of sp³-hybridized carbons (Fsp3) is 0.783. The van der Waals surface area contributed by atoms with Gasteiger partial charge in [0, 0.05) is 6.54 Å². The maximum Gasteiger partial charge on any atom is 0.326 e.